The summed E-state index contributed by atoms with van der Waals surface area (Å²) >= 11 is 0. The second kappa shape index (κ2) is 10.2. The van der Waals surface area contributed by atoms with Gasteiger partial charge in [-0.3, -0.25) is 9.48 Å². The number of ether oxygens (including phenoxy) is 2. The molecule has 1 aromatic carbocycles. The maximum atomic E-state index is 13.0. The topological polar surface area (TPSA) is 103 Å². The number of nitrogens with one attached hydrogen (secondary N) is 1. The number of rotatable bonds is 8. The van der Waals surface area contributed by atoms with Gasteiger partial charge in [-0.15, -0.1) is 0 Å². The number of sulfonamides is 1. The summed E-state index contributed by atoms with van der Waals surface area (Å²) in [5.41, 5.74) is -1.23. The molecular formula is C20H25F3N4O5S. The van der Waals surface area contributed by atoms with Crippen molar-refractivity contribution in [1.82, 2.24) is 14.1 Å². The lowest BCUT2D eigenvalue weighted by atomic mass is 10.0. The lowest BCUT2D eigenvalue weighted by Crippen LogP contribution is -2.41. The zero-order valence-electron chi connectivity index (χ0n) is 18.1. The van der Waals surface area contributed by atoms with Gasteiger partial charge in [0.1, 0.15) is 12.5 Å². The summed E-state index contributed by atoms with van der Waals surface area (Å²) in [7, 11) is -1.01. The van der Waals surface area contributed by atoms with Crippen LogP contribution in [0.4, 0.5) is 18.9 Å². The van der Waals surface area contributed by atoms with Crippen LogP contribution < -0.4 is 5.32 Å². The highest BCUT2D eigenvalue weighted by Crippen LogP contribution is 2.29. The second-order valence-corrected chi connectivity index (χ2v) is 9.60. The van der Waals surface area contributed by atoms with Crippen molar-refractivity contribution in [2.75, 3.05) is 38.9 Å². The maximum absolute atomic E-state index is 13.0. The molecule has 3 rings (SSSR count). The third-order valence-electron chi connectivity index (χ3n) is 5.19. The number of benzene rings is 1. The number of halogens is 3. The van der Waals surface area contributed by atoms with E-state index in [1.165, 1.54) is 42.7 Å². The molecule has 0 radical (unpaired) electrons. The molecule has 0 aliphatic carbocycles. The number of piperidine rings is 1. The molecule has 1 amide bonds. The lowest BCUT2D eigenvalue weighted by Gasteiger charge is -2.31. The summed E-state index contributed by atoms with van der Waals surface area (Å²) in [5, 5.41) is 5.76. The van der Waals surface area contributed by atoms with Gasteiger partial charge in [0.25, 0.3) is 5.91 Å². The van der Waals surface area contributed by atoms with Crippen LogP contribution in [0.5, 0.6) is 0 Å². The Morgan fingerprint density at radius 3 is 2.58 bits per heavy atom. The predicted molar refractivity (Wildman–Crippen MR) is 112 cm³/mol. The first-order chi connectivity index (χ1) is 15.5. The molecule has 1 N–H and O–H groups in total. The molecule has 1 fully saturated rings. The van der Waals surface area contributed by atoms with Crippen molar-refractivity contribution in [3.05, 3.63) is 41.7 Å². The summed E-state index contributed by atoms with van der Waals surface area (Å²) in [5.74, 6) is -0.742. The molecule has 182 valence electrons. The number of aromatic nitrogens is 2. The van der Waals surface area contributed by atoms with Gasteiger partial charge >= 0.3 is 6.18 Å². The Balaban J connectivity index is 1.67. The van der Waals surface area contributed by atoms with Crippen LogP contribution in [0.15, 0.2) is 35.2 Å². The van der Waals surface area contributed by atoms with Gasteiger partial charge in [0.15, 0.2) is 5.69 Å². The molecule has 0 bridgehead atoms. The number of hydrogen-bond donors (Lipinski definition) is 1. The van der Waals surface area contributed by atoms with Crippen LogP contribution in [-0.4, -0.2) is 62.0 Å². The van der Waals surface area contributed by atoms with Crippen LogP contribution in [0.25, 0.3) is 0 Å². The second-order valence-electron chi connectivity index (χ2n) is 7.66. The van der Waals surface area contributed by atoms with Gasteiger partial charge in [-0.1, -0.05) is 0 Å². The summed E-state index contributed by atoms with van der Waals surface area (Å²) in [6, 6.07) is 6.11. The van der Waals surface area contributed by atoms with Gasteiger partial charge in [-0.25, -0.2) is 8.42 Å². The van der Waals surface area contributed by atoms with Crippen molar-refractivity contribution < 1.29 is 35.9 Å². The van der Waals surface area contributed by atoms with E-state index in [1.54, 1.807) is 0 Å². The minimum Gasteiger partial charge on any atom is -0.359 e. The fourth-order valence-electron chi connectivity index (χ4n) is 3.55. The zero-order valence-corrected chi connectivity index (χ0v) is 18.9. The third-order valence-corrected chi connectivity index (χ3v) is 7.07. The fourth-order valence-corrected chi connectivity index (χ4v) is 5.11. The van der Waals surface area contributed by atoms with Crippen LogP contribution in [0.3, 0.4) is 0 Å². The number of aryl methyl sites for hydroxylation is 1. The van der Waals surface area contributed by atoms with E-state index in [2.05, 4.69) is 10.4 Å². The predicted octanol–water partition coefficient (Wildman–Crippen LogP) is 2.71. The first-order valence-electron chi connectivity index (χ1n) is 10.1. The third kappa shape index (κ3) is 6.10. The number of hydrogen-bond acceptors (Lipinski definition) is 6. The number of nitrogens with zero attached hydrogens (tertiary/aromatic N) is 3. The Morgan fingerprint density at radius 1 is 1.27 bits per heavy atom. The summed E-state index contributed by atoms with van der Waals surface area (Å²) < 4.78 is 76.9. The average molecular weight is 491 g/mol. The lowest BCUT2D eigenvalue weighted by molar-refractivity contribution is -0.141. The fraction of sp³-hybridized carbons (Fsp3) is 0.500. The van der Waals surface area contributed by atoms with Crippen molar-refractivity contribution in [1.29, 1.82) is 0 Å². The molecular weight excluding hydrogens is 465 g/mol. The molecule has 2 heterocycles. The molecule has 0 spiro atoms. The highest BCUT2D eigenvalue weighted by Gasteiger charge is 2.35. The highest BCUT2D eigenvalue weighted by molar-refractivity contribution is 7.89. The van der Waals surface area contributed by atoms with E-state index in [9.17, 15) is 26.4 Å². The van der Waals surface area contributed by atoms with Gasteiger partial charge < -0.3 is 14.8 Å². The van der Waals surface area contributed by atoms with E-state index in [0.717, 1.165) is 11.1 Å². The number of anilines is 1. The Labute approximate surface area is 189 Å². The van der Waals surface area contributed by atoms with E-state index in [-0.39, 0.29) is 29.0 Å². The highest BCUT2D eigenvalue weighted by atomic mass is 32.2. The zero-order chi connectivity index (χ0) is 24.2. The van der Waals surface area contributed by atoms with Crippen LogP contribution in [0.2, 0.25) is 0 Å². The normalized spacial score (nSPS) is 17.8. The monoisotopic (exact) mass is 490 g/mol. The van der Waals surface area contributed by atoms with Crippen LogP contribution in [0, 0.1) is 5.92 Å². The van der Waals surface area contributed by atoms with Crippen molar-refractivity contribution >= 4 is 21.6 Å². The molecule has 1 atom stereocenters. The molecule has 13 heteroatoms. The Bertz CT molecular complexity index is 1070. The molecule has 1 aromatic heterocycles. The van der Waals surface area contributed by atoms with Gasteiger partial charge in [0.2, 0.25) is 10.0 Å². The van der Waals surface area contributed by atoms with Crippen LogP contribution in [-0.2, 0) is 32.7 Å². The summed E-state index contributed by atoms with van der Waals surface area (Å²) in [6.07, 6.45) is -3.11. The summed E-state index contributed by atoms with van der Waals surface area (Å²) in [4.78, 5) is 12.4. The molecule has 9 nitrogen and oxygen atoms in total. The smallest absolute Gasteiger partial charge is 0.359 e. The minimum absolute atomic E-state index is 0.0545. The Morgan fingerprint density at radius 2 is 1.97 bits per heavy atom. The first kappa shape index (κ1) is 25.1. The average Bonchev–Trinajstić information content (AvgIpc) is 3.17. The molecule has 1 aliphatic heterocycles. The van der Waals surface area contributed by atoms with Crippen LogP contribution in [0.1, 0.15) is 29.0 Å². The van der Waals surface area contributed by atoms with Gasteiger partial charge in [0, 0.05) is 39.0 Å². The van der Waals surface area contributed by atoms with Crippen molar-refractivity contribution in [2.45, 2.75) is 23.9 Å². The molecule has 1 aliphatic rings. The first-order valence-corrected chi connectivity index (χ1v) is 11.6. The molecule has 2 aromatic rings. The van der Waals surface area contributed by atoms with E-state index < -0.39 is 27.8 Å². The van der Waals surface area contributed by atoms with Crippen LogP contribution >= 0.6 is 0 Å². The maximum Gasteiger partial charge on any atom is 0.435 e. The summed E-state index contributed by atoms with van der Waals surface area (Å²) in [6.45, 7) is 1.26. The Hall–Kier alpha value is -2.48. The molecule has 1 unspecified atom stereocenters. The quantitative estimate of drug-likeness (QED) is 0.451. The molecule has 33 heavy (non-hydrogen) atoms. The number of amides is 1. The van der Waals surface area contributed by atoms with E-state index in [0.29, 0.717) is 32.2 Å². The van der Waals surface area contributed by atoms with Gasteiger partial charge in [-0.05, 0) is 43.0 Å². The Kier molecular flexibility index (Phi) is 7.77. The van der Waals surface area contributed by atoms with Gasteiger partial charge in [-0.2, -0.15) is 22.6 Å². The number of methoxy groups -OCH3 is 1. The molecule has 0 saturated carbocycles. The number of alkyl halides is 3. The van der Waals surface area contributed by atoms with E-state index >= 15 is 0 Å². The standard InChI is InChI=1S/C20H25F3N4O5S/c1-26-17(10-18(25-26)20(21,22)23)19(28)24-15-5-7-16(8-6-15)33(29,30)27-9-3-4-14(11-27)12-32-13-31-2/h5-8,10,14H,3-4,9,11-13H2,1-2H3,(H,24,28). The largest absolute Gasteiger partial charge is 0.435 e. The van der Waals surface area contributed by atoms with E-state index in [1.807, 2.05) is 0 Å². The van der Waals surface area contributed by atoms with E-state index in [4.69, 9.17) is 9.47 Å². The number of carbonyl (C=O) groups is 1. The SMILES string of the molecule is COCOCC1CCCN(S(=O)(=O)c2ccc(NC(=O)c3cc(C(F)(F)F)nn3C)cc2)C1. The number of carbonyl (C=O) groups excluding carboxylic acids is 1. The van der Waals surface area contributed by atoms with Gasteiger partial charge in [0.05, 0.1) is 11.5 Å². The van der Waals surface area contributed by atoms with Crippen molar-refractivity contribution in [3.63, 3.8) is 0 Å². The van der Waals surface area contributed by atoms with Crippen molar-refractivity contribution in [2.24, 2.45) is 13.0 Å². The van der Waals surface area contributed by atoms with Crippen molar-refractivity contribution in [3.8, 4) is 0 Å². The minimum atomic E-state index is -4.67. The molecule has 1 saturated heterocycles.